The van der Waals surface area contributed by atoms with Gasteiger partial charge in [0, 0.05) is 10.8 Å². The van der Waals surface area contributed by atoms with Crippen LogP contribution in [0.25, 0.3) is 0 Å². The fourth-order valence-corrected chi connectivity index (χ4v) is 2.72. The van der Waals surface area contributed by atoms with Crippen LogP contribution in [0, 0.1) is 0 Å². The van der Waals surface area contributed by atoms with Crippen molar-refractivity contribution in [2.75, 3.05) is 65.9 Å². The Morgan fingerprint density at radius 1 is 0.778 bits per heavy atom. The van der Waals surface area contributed by atoms with E-state index in [1.165, 1.54) is 0 Å². The molecule has 0 aromatic rings. The number of nitrogens with zero attached hydrogens (tertiary/aromatic N) is 2. The van der Waals surface area contributed by atoms with Gasteiger partial charge in [-0.15, -0.1) is 0 Å². The van der Waals surface area contributed by atoms with Crippen LogP contribution in [-0.4, -0.2) is 79.1 Å². The molecule has 0 saturated heterocycles. The maximum Gasteiger partial charge on any atom is 0.0899 e. The van der Waals surface area contributed by atoms with Crippen LogP contribution in [0.15, 0.2) is 0 Å². The van der Waals surface area contributed by atoms with E-state index in [0.29, 0.717) is 0 Å². The van der Waals surface area contributed by atoms with Gasteiger partial charge >= 0.3 is 0 Å². The maximum atomic E-state index is 11.9. The smallest absolute Gasteiger partial charge is 0.0899 e. The second kappa shape index (κ2) is 10.8. The highest BCUT2D eigenvalue weighted by atomic mass is 79.9. The van der Waals surface area contributed by atoms with Crippen LogP contribution in [0.3, 0.4) is 0 Å². The summed E-state index contributed by atoms with van der Waals surface area (Å²) in [5, 5.41) is 0. The Morgan fingerprint density at radius 3 is 1.28 bits per heavy atom. The van der Waals surface area contributed by atoms with Gasteiger partial charge in [0.1, 0.15) is 0 Å². The van der Waals surface area contributed by atoms with Gasteiger partial charge in [-0.05, 0) is 13.8 Å². The van der Waals surface area contributed by atoms with Gasteiger partial charge in [-0.25, -0.2) is 0 Å². The summed E-state index contributed by atoms with van der Waals surface area (Å²) in [5.41, 5.74) is 0. The number of rotatable bonds is 8. The minimum atomic E-state index is -0.647. The molecule has 18 heavy (non-hydrogen) atoms. The monoisotopic (exact) mass is 408 g/mol. The highest BCUT2D eigenvalue weighted by Crippen LogP contribution is 2.00. The molecule has 0 bridgehead atoms. The molecule has 0 amide bonds. The predicted molar refractivity (Wildman–Crippen MR) is 72.9 cm³/mol. The molecule has 0 spiro atoms. The van der Waals surface area contributed by atoms with E-state index in [1.54, 1.807) is 0 Å². The molecule has 0 aliphatic rings. The summed E-state index contributed by atoms with van der Waals surface area (Å²) in [6.07, 6.45) is 0. The van der Waals surface area contributed by atoms with Crippen molar-refractivity contribution in [3.8, 4) is 0 Å². The predicted octanol–water partition coefficient (Wildman–Crippen LogP) is -5.06. The Bertz CT molecular complexity index is 214. The summed E-state index contributed by atoms with van der Waals surface area (Å²) < 4.78 is 13.8. The van der Waals surface area contributed by atoms with E-state index in [-0.39, 0.29) is 34.0 Å². The second-order valence-electron chi connectivity index (χ2n) is 5.80. The molecular formula is C12H30Br2N2OS. The highest BCUT2D eigenvalue weighted by molar-refractivity contribution is 7.85. The fourth-order valence-electron chi connectivity index (χ4n) is 1.12. The van der Waals surface area contributed by atoms with E-state index in [2.05, 4.69) is 42.0 Å². The Balaban J connectivity index is -0.00000112. The molecule has 0 aliphatic heterocycles. The molecule has 0 radical (unpaired) electrons. The lowest BCUT2D eigenvalue weighted by molar-refractivity contribution is -0.886. The lowest BCUT2D eigenvalue weighted by Crippen LogP contribution is -3.00. The molecular weight excluding hydrogens is 380 g/mol. The molecule has 114 valence electrons. The Kier molecular flexibility index (Phi) is 14.4. The largest absolute Gasteiger partial charge is 1.00 e. The van der Waals surface area contributed by atoms with E-state index >= 15 is 0 Å². The summed E-state index contributed by atoms with van der Waals surface area (Å²) in [7, 11) is 8.14. The Labute approximate surface area is 137 Å². The third-order valence-electron chi connectivity index (χ3n) is 3.56. The zero-order valence-electron chi connectivity index (χ0n) is 12.7. The van der Waals surface area contributed by atoms with Crippen LogP contribution in [0.2, 0.25) is 0 Å². The standard InChI is InChI=1S/C12H30N2OS.2BrH/c1-7-13(3,4)9-11-16(15)12-10-14(5,6)8-2;;/h7-12H2,1-6H3;2*1H/q+2;;/p-2. The fraction of sp³-hybridized carbons (Fsp3) is 1.00. The molecule has 0 heterocycles. The molecule has 0 fully saturated rings. The third-order valence-corrected chi connectivity index (χ3v) is 4.84. The average Bonchev–Trinajstić information content (AvgIpc) is 2.24. The molecule has 6 heteroatoms. The van der Waals surface area contributed by atoms with Crippen LogP contribution in [0.5, 0.6) is 0 Å². The summed E-state index contributed by atoms with van der Waals surface area (Å²) >= 11 is 0. The van der Waals surface area contributed by atoms with Crippen molar-refractivity contribution in [2.24, 2.45) is 0 Å². The van der Waals surface area contributed by atoms with Crippen molar-refractivity contribution in [3.05, 3.63) is 0 Å². The molecule has 0 aromatic carbocycles. The molecule has 0 saturated carbocycles. The summed E-state index contributed by atoms with van der Waals surface area (Å²) in [6, 6.07) is 0. The maximum absolute atomic E-state index is 11.9. The summed E-state index contributed by atoms with van der Waals surface area (Å²) in [4.78, 5) is 0. The quantitative estimate of drug-likeness (QED) is 0.367. The van der Waals surface area contributed by atoms with Gasteiger partial charge in [-0.2, -0.15) is 0 Å². The Morgan fingerprint density at radius 2 is 1.06 bits per heavy atom. The first kappa shape index (κ1) is 24.1. The van der Waals surface area contributed by atoms with E-state index in [4.69, 9.17) is 0 Å². The number of hydrogen-bond acceptors (Lipinski definition) is 1. The van der Waals surface area contributed by atoms with Gasteiger partial charge in [-0.3, -0.25) is 4.21 Å². The number of quaternary nitrogens is 2. The van der Waals surface area contributed by atoms with Crippen molar-refractivity contribution >= 4 is 10.8 Å². The first-order chi connectivity index (χ1) is 7.22. The van der Waals surface area contributed by atoms with Crippen LogP contribution in [-0.2, 0) is 10.8 Å². The summed E-state index contributed by atoms with van der Waals surface area (Å²) in [6.45, 7) is 8.60. The van der Waals surface area contributed by atoms with E-state index in [9.17, 15) is 4.21 Å². The minimum Gasteiger partial charge on any atom is -1.00 e. The summed E-state index contributed by atoms with van der Waals surface area (Å²) in [5.74, 6) is 1.68. The van der Waals surface area contributed by atoms with Gasteiger partial charge in [0.2, 0.25) is 0 Å². The van der Waals surface area contributed by atoms with Crippen LogP contribution in [0.1, 0.15) is 13.8 Å². The molecule has 0 atom stereocenters. The van der Waals surface area contributed by atoms with Gasteiger partial charge in [0.05, 0.1) is 65.9 Å². The van der Waals surface area contributed by atoms with Crippen molar-refractivity contribution in [2.45, 2.75) is 13.8 Å². The molecule has 3 nitrogen and oxygen atoms in total. The Hall–Kier alpha value is 1.03. The third kappa shape index (κ3) is 12.1. The first-order valence-electron chi connectivity index (χ1n) is 6.21. The molecule has 0 rings (SSSR count). The highest BCUT2D eigenvalue weighted by Gasteiger charge is 2.17. The van der Waals surface area contributed by atoms with Crippen LogP contribution >= 0.6 is 0 Å². The van der Waals surface area contributed by atoms with Gasteiger partial charge in [-0.1, -0.05) is 0 Å². The van der Waals surface area contributed by atoms with Crippen molar-refractivity contribution in [1.82, 2.24) is 0 Å². The van der Waals surface area contributed by atoms with Crippen LogP contribution < -0.4 is 34.0 Å². The van der Waals surface area contributed by atoms with E-state index in [1.807, 2.05) is 0 Å². The molecule has 0 aliphatic carbocycles. The average molecular weight is 410 g/mol. The lowest BCUT2D eigenvalue weighted by atomic mass is 10.5. The topological polar surface area (TPSA) is 17.1 Å². The van der Waals surface area contributed by atoms with Crippen molar-refractivity contribution in [1.29, 1.82) is 0 Å². The second-order valence-corrected chi connectivity index (χ2v) is 7.50. The van der Waals surface area contributed by atoms with Crippen molar-refractivity contribution < 1.29 is 47.1 Å². The minimum absolute atomic E-state index is 0. The van der Waals surface area contributed by atoms with E-state index < -0.39 is 10.8 Å². The number of hydrogen-bond donors (Lipinski definition) is 0. The first-order valence-corrected chi connectivity index (χ1v) is 7.70. The van der Waals surface area contributed by atoms with E-state index in [0.717, 1.165) is 46.7 Å². The van der Waals surface area contributed by atoms with Crippen molar-refractivity contribution in [3.63, 3.8) is 0 Å². The zero-order valence-corrected chi connectivity index (χ0v) is 16.7. The number of halogens is 2. The zero-order chi connectivity index (χ0) is 12.8. The molecule has 0 N–H and O–H groups in total. The molecule has 0 unspecified atom stereocenters. The van der Waals surface area contributed by atoms with Crippen LogP contribution in [0.4, 0.5) is 0 Å². The SMILES string of the molecule is CC[N+](C)(C)CCS(=O)CC[N+](C)(C)CC.[Br-].[Br-]. The van der Waals surface area contributed by atoms with Gasteiger partial charge in [0.25, 0.3) is 0 Å². The molecule has 0 aromatic heterocycles. The van der Waals surface area contributed by atoms with Gasteiger partial charge in [0.15, 0.2) is 0 Å². The van der Waals surface area contributed by atoms with Gasteiger partial charge < -0.3 is 42.9 Å². The lowest BCUT2D eigenvalue weighted by Gasteiger charge is -2.29. The normalized spacial score (nSPS) is 11.9.